The zero-order chi connectivity index (χ0) is 21.6. The lowest BCUT2D eigenvalue weighted by molar-refractivity contribution is -0.134. The fourth-order valence-corrected chi connectivity index (χ4v) is 3.80. The van der Waals surface area contributed by atoms with Gasteiger partial charge in [-0.05, 0) is 50.1 Å². The Hall–Kier alpha value is -2.54. The first-order chi connectivity index (χ1) is 13.6. The Morgan fingerprint density at radius 3 is 2.17 bits per heavy atom. The number of benzene rings is 2. The fraction of sp³-hybridized carbons (Fsp3) is 0.409. The molecule has 1 amide bonds. The first kappa shape index (κ1) is 22.7. The average Bonchev–Trinajstić information content (AvgIpc) is 2.66. The normalized spacial score (nSPS) is 11.6. The lowest BCUT2D eigenvalue weighted by atomic mass is 10.1. The molecule has 0 fully saturated rings. The molecule has 0 aromatic heterocycles. The first-order valence-electron chi connectivity index (χ1n) is 9.60. The van der Waals surface area contributed by atoms with E-state index in [1.807, 2.05) is 27.7 Å². The van der Waals surface area contributed by atoms with E-state index >= 15 is 0 Å². The van der Waals surface area contributed by atoms with Crippen LogP contribution in [0.4, 0.5) is 0 Å². The summed E-state index contributed by atoms with van der Waals surface area (Å²) in [6, 6.07) is 12.9. The third-order valence-electron chi connectivity index (χ3n) is 4.39. The number of rotatable bonds is 9. The number of carbonyl (C=O) groups excluding carboxylic acids is 1. The molecule has 0 saturated carbocycles. The zero-order valence-corrected chi connectivity index (χ0v) is 18.4. The molecule has 0 spiro atoms. The van der Waals surface area contributed by atoms with Gasteiger partial charge in [-0.25, -0.2) is 0 Å². The third kappa shape index (κ3) is 6.22. The molecule has 2 aromatic carbocycles. The van der Waals surface area contributed by atoms with Gasteiger partial charge < -0.3 is 13.8 Å². The molecular weight excluding hydrogens is 390 g/mol. The van der Waals surface area contributed by atoms with Gasteiger partial charge in [0, 0.05) is 24.6 Å². The largest absolute Gasteiger partial charge is 0.497 e. The average molecular weight is 420 g/mol. The van der Waals surface area contributed by atoms with Crippen molar-refractivity contribution in [3.63, 3.8) is 0 Å². The Labute approximate surface area is 173 Å². The van der Waals surface area contributed by atoms with Gasteiger partial charge in [-0.1, -0.05) is 32.0 Å². The maximum Gasteiger partial charge on any atom is 0.339 e. The Bertz CT molecular complexity index is 920. The maximum absolute atomic E-state index is 12.7. The van der Waals surface area contributed by atoms with Crippen molar-refractivity contribution in [2.24, 2.45) is 5.92 Å². The number of nitrogens with zero attached hydrogens (tertiary/aromatic N) is 1. The number of para-hydroxylation sites is 1. The van der Waals surface area contributed by atoms with Crippen molar-refractivity contribution in [2.45, 2.75) is 51.6 Å². The van der Waals surface area contributed by atoms with E-state index < -0.39 is 10.1 Å². The van der Waals surface area contributed by atoms with E-state index in [0.717, 1.165) is 0 Å². The Balaban J connectivity index is 2.28. The summed E-state index contributed by atoms with van der Waals surface area (Å²) in [7, 11) is -2.50. The Morgan fingerprint density at radius 1 is 1.00 bits per heavy atom. The lowest BCUT2D eigenvalue weighted by Crippen LogP contribution is -2.37. The molecule has 0 radical (unpaired) electrons. The van der Waals surface area contributed by atoms with E-state index in [9.17, 15) is 13.2 Å². The summed E-state index contributed by atoms with van der Waals surface area (Å²) < 4.78 is 35.9. The molecule has 6 nitrogen and oxygen atoms in total. The summed E-state index contributed by atoms with van der Waals surface area (Å²) in [6.45, 7) is 8.15. The molecule has 0 aliphatic heterocycles. The first-order valence-corrected chi connectivity index (χ1v) is 11.0. The zero-order valence-electron chi connectivity index (χ0n) is 17.6. The van der Waals surface area contributed by atoms with Gasteiger partial charge in [0.1, 0.15) is 16.4 Å². The third-order valence-corrected chi connectivity index (χ3v) is 5.64. The van der Waals surface area contributed by atoms with Crippen LogP contribution in [0, 0.1) is 5.92 Å². The molecule has 2 aromatic rings. The van der Waals surface area contributed by atoms with E-state index in [2.05, 4.69) is 0 Å². The predicted molar refractivity (Wildman–Crippen MR) is 112 cm³/mol. The summed E-state index contributed by atoms with van der Waals surface area (Å²) in [5.41, 5.74) is 0.635. The number of hydrogen-bond acceptors (Lipinski definition) is 5. The number of hydrogen-bond donors (Lipinski definition) is 0. The van der Waals surface area contributed by atoms with E-state index in [4.69, 9.17) is 8.92 Å². The number of ether oxygens (including phenoxy) is 1. The predicted octanol–water partition coefficient (Wildman–Crippen LogP) is 4.25. The van der Waals surface area contributed by atoms with Crippen LogP contribution < -0.4 is 8.92 Å². The molecule has 0 atom stereocenters. The molecule has 29 heavy (non-hydrogen) atoms. The summed E-state index contributed by atoms with van der Waals surface area (Å²) in [5.74, 6) is 1.04. The van der Waals surface area contributed by atoms with Gasteiger partial charge in [0.05, 0.1) is 7.11 Å². The molecule has 0 aliphatic rings. The van der Waals surface area contributed by atoms with Crippen LogP contribution in [0.25, 0.3) is 0 Å². The second kappa shape index (κ2) is 9.78. The Morgan fingerprint density at radius 2 is 1.62 bits per heavy atom. The van der Waals surface area contributed by atoms with E-state index in [-0.39, 0.29) is 35.1 Å². The van der Waals surface area contributed by atoms with Crippen molar-refractivity contribution < 1.29 is 22.1 Å². The number of methoxy groups -OCH3 is 1. The SMILES string of the molecule is COc1ccc(S(=O)(=O)Oc2ccccc2CN(C(=O)CC(C)C)C(C)C)cc1. The Kier molecular flexibility index (Phi) is 7.67. The molecular formula is C22H29NO5S. The van der Waals surface area contributed by atoms with Gasteiger partial charge >= 0.3 is 10.1 Å². The standard InChI is InChI=1S/C22H29NO5S/c1-16(2)14-22(24)23(17(3)4)15-18-8-6-7-9-21(18)28-29(25,26)20-12-10-19(27-5)11-13-20/h6-13,16-17H,14-15H2,1-5H3. The minimum absolute atomic E-state index is 0.0208. The highest BCUT2D eigenvalue weighted by atomic mass is 32.2. The minimum atomic E-state index is -4.02. The van der Waals surface area contributed by atoms with Crippen molar-refractivity contribution in [3.05, 3.63) is 54.1 Å². The van der Waals surface area contributed by atoms with Crippen molar-refractivity contribution in [1.29, 1.82) is 0 Å². The molecule has 7 heteroatoms. The van der Waals surface area contributed by atoms with E-state index in [0.29, 0.717) is 17.7 Å². The van der Waals surface area contributed by atoms with Crippen LogP contribution in [-0.2, 0) is 21.5 Å². The molecule has 0 aliphatic carbocycles. The summed E-state index contributed by atoms with van der Waals surface area (Å²) in [4.78, 5) is 14.4. The van der Waals surface area contributed by atoms with Gasteiger partial charge in [-0.15, -0.1) is 0 Å². The smallest absolute Gasteiger partial charge is 0.339 e. The number of carbonyl (C=O) groups is 1. The van der Waals surface area contributed by atoms with Crippen LogP contribution in [0.3, 0.4) is 0 Å². The maximum atomic E-state index is 12.7. The van der Waals surface area contributed by atoms with Crippen LogP contribution in [0.2, 0.25) is 0 Å². The van der Waals surface area contributed by atoms with Crippen molar-refractivity contribution in [1.82, 2.24) is 4.90 Å². The summed E-state index contributed by atoms with van der Waals surface area (Å²) in [6.07, 6.45) is 0.436. The molecule has 158 valence electrons. The molecule has 0 bridgehead atoms. The monoisotopic (exact) mass is 419 g/mol. The van der Waals surface area contributed by atoms with Gasteiger partial charge in [-0.3, -0.25) is 4.79 Å². The fourth-order valence-electron chi connectivity index (χ4n) is 2.83. The van der Waals surface area contributed by atoms with Crippen LogP contribution >= 0.6 is 0 Å². The van der Waals surface area contributed by atoms with Crippen molar-refractivity contribution in [3.8, 4) is 11.5 Å². The molecule has 0 N–H and O–H groups in total. The molecule has 0 saturated heterocycles. The van der Waals surface area contributed by atoms with Gasteiger partial charge in [0.15, 0.2) is 0 Å². The van der Waals surface area contributed by atoms with Gasteiger partial charge in [-0.2, -0.15) is 8.42 Å². The summed E-state index contributed by atoms with van der Waals surface area (Å²) >= 11 is 0. The molecule has 0 unspecified atom stereocenters. The lowest BCUT2D eigenvalue weighted by Gasteiger charge is -2.28. The quantitative estimate of drug-likeness (QED) is 0.568. The van der Waals surface area contributed by atoms with Crippen LogP contribution in [0.5, 0.6) is 11.5 Å². The highest BCUT2D eigenvalue weighted by molar-refractivity contribution is 7.87. The number of amides is 1. The second-order valence-corrected chi connectivity index (χ2v) is 9.08. The highest BCUT2D eigenvalue weighted by Crippen LogP contribution is 2.26. The van der Waals surface area contributed by atoms with Gasteiger partial charge in [0.25, 0.3) is 0 Å². The van der Waals surface area contributed by atoms with E-state index in [1.54, 1.807) is 41.3 Å². The molecule has 0 heterocycles. The van der Waals surface area contributed by atoms with Crippen LogP contribution in [0.1, 0.15) is 39.7 Å². The van der Waals surface area contributed by atoms with Crippen molar-refractivity contribution >= 4 is 16.0 Å². The van der Waals surface area contributed by atoms with Crippen LogP contribution in [-0.4, -0.2) is 32.4 Å². The van der Waals surface area contributed by atoms with Gasteiger partial charge in [0.2, 0.25) is 5.91 Å². The van der Waals surface area contributed by atoms with E-state index in [1.165, 1.54) is 19.2 Å². The highest BCUT2D eigenvalue weighted by Gasteiger charge is 2.22. The summed E-state index contributed by atoms with van der Waals surface area (Å²) in [5, 5.41) is 0. The van der Waals surface area contributed by atoms with Crippen molar-refractivity contribution in [2.75, 3.05) is 7.11 Å². The van der Waals surface area contributed by atoms with Crippen LogP contribution in [0.15, 0.2) is 53.4 Å². The molecule has 2 rings (SSSR count). The topological polar surface area (TPSA) is 72.9 Å². The second-order valence-electron chi connectivity index (χ2n) is 7.53. The minimum Gasteiger partial charge on any atom is -0.497 e.